The van der Waals surface area contributed by atoms with Crippen LogP contribution in [-0.4, -0.2) is 41.0 Å². The van der Waals surface area contributed by atoms with Crippen LogP contribution in [0.4, 0.5) is 0 Å². The molecule has 176 valence electrons. The molecule has 1 aromatic carbocycles. The van der Waals surface area contributed by atoms with Crippen molar-refractivity contribution in [2.75, 3.05) is 20.2 Å². The quantitative estimate of drug-likeness (QED) is 0.313. The summed E-state index contributed by atoms with van der Waals surface area (Å²) in [6.07, 6.45) is 15.8. The van der Waals surface area contributed by atoms with E-state index in [2.05, 4.69) is 40.7 Å². The van der Waals surface area contributed by atoms with Gasteiger partial charge in [-0.05, 0) is 84.7 Å². The summed E-state index contributed by atoms with van der Waals surface area (Å²) in [5.74, 6) is 3.51. The first-order valence-corrected chi connectivity index (χ1v) is 13.4. The highest BCUT2D eigenvalue weighted by Crippen LogP contribution is 2.45. The lowest BCUT2D eigenvalue weighted by Crippen LogP contribution is -2.55. The second-order valence-corrected chi connectivity index (χ2v) is 11.2. The Hall–Kier alpha value is -1.78. The Kier molecular flexibility index (Phi) is 7.13. The number of benzene rings is 1. The second kappa shape index (κ2) is 10.2. The Labute approximate surface area is 204 Å². The molecule has 0 N–H and O–H groups in total. The van der Waals surface area contributed by atoms with E-state index in [9.17, 15) is 0 Å². The third-order valence-electron chi connectivity index (χ3n) is 8.69. The standard InChI is InChI=1S/C29H38N2OS/c1-3-21-19-31-14-12-22(21)16-29(31)27(18-24(33)15-20-7-5-4-6-8-20)25-11-13-30-28-10-9-23(32-2)17-26(25)28/h3,9-11,13,17,20-22,27,29H,1,4-8,12,14-16,18-19H2,2H3/t21?,22?,27-,29-/m1/s1. The zero-order valence-electron chi connectivity index (χ0n) is 20.0. The number of nitrogens with zero attached hydrogens (tertiary/aromatic N) is 2. The lowest BCUT2D eigenvalue weighted by molar-refractivity contribution is 0.00759. The van der Waals surface area contributed by atoms with Crippen molar-refractivity contribution in [1.82, 2.24) is 9.88 Å². The average molecular weight is 463 g/mol. The molecule has 4 fully saturated rings. The monoisotopic (exact) mass is 462 g/mol. The Balaban J connectivity index is 1.47. The summed E-state index contributed by atoms with van der Waals surface area (Å²) in [5.41, 5.74) is 2.45. The Morgan fingerprint density at radius 2 is 2.09 bits per heavy atom. The van der Waals surface area contributed by atoms with Crippen molar-refractivity contribution in [2.24, 2.45) is 17.8 Å². The van der Waals surface area contributed by atoms with Gasteiger partial charge in [0.25, 0.3) is 0 Å². The van der Waals surface area contributed by atoms with Crippen molar-refractivity contribution in [3.8, 4) is 5.75 Å². The van der Waals surface area contributed by atoms with Crippen molar-refractivity contribution in [2.45, 2.75) is 69.7 Å². The molecule has 5 atom stereocenters. The van der Waals surface area contributed by atoms with Gasteiger partial charge in [-0.1, -0.05) is 50.4 Å². The van der Waals surface area contributed by atoms with E-state index in [4.69, 9.17) is 17.0 Å². The van der Waals surface area contributed by atoms with Crippen molar-refractivity contribution >= 4 is 28.0 Å². The Bertz CT molecular complexity index is 998. The number of pyridine rings is 1. The van der Waals surface area contributed by atoms with E-state index >= 15 is 0 Å². The molecule has 6 rings (SSSR count). The van der Waals surface area contributed by atoms with Gasteiger partial charge < -0.3 is 4.74 Å². The molecule has 0 amide bonds. The fourth-order valence-corrected chi connectivity index (χ4v) is 7.30. The largest absolute Gasteiger partial charge is 0.497 e. The van der Waals surface area contributed by atoms with Crippen LogP contribution in [-0.2, 0) is 0 Å². The van der Waals surface area contributed by atoms with Crippen LogP contribution in [0.3, 0.4) is 0 Å². The van der Waals surface area contributed by atoms with Gasteiger partial charge in [0, 0.05) is 30.1 Å². The highest BCUT2D eigenvalue weighted by Gasteiger charge is 2.43. The van der Waals surface area contributed by atoms with E-state index in [0.717, 1.165) is 42.5 Å². The van der Waals surface area contributed by atoms with E-state index in [-0.39, 0.29) is 0 Å². The van der Waals surface area contributed by atoms with Gasteiger partial charge in [-0.3, -0.25) is 9.88 Å². The fourth-order valence-electron chi connectivity index (χ4n) is 6.89. The maximum atomic E-state index is 6.11. The molecule has 3 nitrogen and oxygen atoms in total. The number of piperidine rings is 3. The van der Waals surface area contributed by atoms with Crippen molar-refractivity contribution < 1.29 is 4.74 Å². The third kappa shape index (κ3) is 4.88. The maximum absolute atomic E-state index is 6.11. The molecule has 2 bridgehead atoms. The molecule has 4 heterocycles. The molecule has 1 saturated carbocycles. The first-order valence-electron chi connectivity index (χ1n) is 13.0. The molecule has 1 aliphatic carbocycles. The highest BCUT2D eigenvalue weighted by molar-refractivity contribution is 7.80. The van der Waals surface area contributed by atoms with E-state index in [1.807, 2.05) is 12.3 Å². The molecule has 4 aliphatic rings. The topological polar surface area (TPSA) is 25.4 Å². The SMILES string of the molecule is C=CC1CN2CCC1C[C@@H]2[C@H](CC(=S)CC1CCCCC1)c1ccnc2ccc(OC)cc12. The first-order chi connectivity index (χ1) is 16.2. The van der Waals surface area contributed by atoms with Gasteiger partial charge in [0.1, 0.15) is 5.75 Å². The number of ether oxygens (including phenoxy) is 1. The minimum absolute atomic E-state index is 0.410. The number of rotatable bonds is 8. The van der Waals surface area contributed by atoms with Gasteiger partial charge in [-0.15, -0.1) is 6.58 Å². The lowest BCUT2D eigenvalue weighted by atomic mass is 9.70. The molecule has 1 aromatic heterocycles. The van der Waals surface area contributed by atoms with E-state index in [1.54, 1.807) is 7.11 Å². The van der Waals surface area contributed by atoms with Crippen molar-refractivity contribution in [3.05, 3.63) is 48.7 Å². The molecule has 2 aromatic rings. The predicted molar refractivity (Wildman–Crippen MR) is 141 cm³/mol. The molecule has 3 unspecified atom stereocenters. The smallest absolute Gasteiger partial charge is 0.119 e. The lowest BCUT2D eigenvalue weighted by Gasteiger charge is -2.52. The summed E-state index contributed by atoms with van der Waals surface area (Å²) < 4.78 is 5.59. The normalized spacial score (nSPS) is 28.5. The van der Waals surface area contributed by atoms with Gasteiger partial charge in [-0.25, -0.2) is 0 Å². The summed E-state index contributed by atoms with van der Waals surface area (Å²) in [4.78, 5) is 8.70. The highest BCUT2D eigenvalue weighted by atomic mass is 32.1. The number of thiocarbonyl (C=S) groups is 1. The number of aromatic nitrogens is 1. The van der Waals surface area contributed by atoms with E-state index in [0.29, 0.717) is 17.9 Å². The van der Waals surface area contributed by atoms with Gasteiger partial charge in [0.15, 0.2) is 0 Å². The molecule has 3 aliphatic heterocycles. The molecular weight excluding hydrogens is 424 g/mol. The van der Waals surface area contributed by atoms with Crippen LogP contribution in [0.2, 0.25) is 0 Å². The van der Waals surface area contributed by atoms with Crippen LogP contribution < -0.4 is 4.74 Å². The second-order valence-electron chi connectivity index (χ2n) is 10.6. The summed E-state index contributed by atoms with van der Waals surface area (Å²) >= 11 is 6.11. The summed E-state index contributed by atoms with van der Waals surface area (Å²) in [6, 6.07) is 9.08. The van der Waals surface area contributed by atoms with Crippen LogP contribution in [0.25, 0.3) is 10.9 Å². The number of hydrogen-bond acceptors (Lipinski definition) is 4. The van der Waals surface area contributed by atoms with E-state index in [1.165, 1.54) is 67.3 Å². The number of hydrogen-bond donors (Lipinski definition) is 0. The zero-order valence-corrected chi connectivity index (χ0v) is 20.9. The van der Waals surface area contributed by atoms with Gasteiger partial charge in [-0.2, -0.15) is 0 Å². The zero-order chi connectivity index (χ0) is 22.8. The average Bonchev–Trinajstić information content (AvgIpc) is 2.87. The van der Waals surface area contributed by atoms with Gasteiger partial charge in [0.2, 0.25) is 0 Å². The number of fused-ring (bicyclic) bond motifs is 4. The molecule has 3 saturated heterocycles. The van der Waals surface area contributed by atoms with E-state index < -0.39 is 0 Å². The summed E-state index contributed by atoms with van der Waals surface area (Å²) in [6.45, 7) is 6.49. The van der Waals surface area contributed by atoms with Crippen molar-refractivity contribution in [1.29, 1.82) is 0 Å². The van der Waals surface area contributed by atoms with Gasteiger partial charge >= 0.3 is 0 Å². The first kappa shape index (κ1) is 23.0. The Morgan fingerprint density at radius 1 is 1.24 bits per heavy atom. The van der Waals surface area contributed by atoms with Crippen LogP contribution in [0.15, 0.2) is 43.1 Å². The van der Waals surface area contributed by atoms with Crippen LogP contribution in [0.1, 0.15) is 69.3 Å². The minimum Gasteiger partial charge on any atom is -0.497 e. The summed E-state index contributed by atoms with van der Waals surface area (Å²) in [5, 5.41) is 1.23. The molecule has 0 spiro atoms. The van der Waals surface area contributed by atoms with Crippen LogP contribution >= 0.6 is 12.2 Å². The molecular formula is C29H38N2OS. The van der Waals surface area contributed by atoms with Gasteiger partial charge in [0.05, 0.1) is 12.6 Å². The fraction of sp³-hybridized carbons (Fsp3) is 0.586. The van der Waals surface area contributed by atoms with Crippen molar-refractivity contribution in [3.63, 3.8) is 0 Å². The summed E-state index contributed by atoms with van der Waals surface area (Å²) in [7, 11) is 1.75. The molecule has 4 heteroatoms. The molecule has 33 heavy (non-hydrogen) atoms. The van der Waals surface area contributed by atoms with Crippen LogP contribution in [0, 0.1) is 17.8 Å². The number of methoxy groups -OCH3 is 1. The minimum atomic E-state index is 0.410. The Morgan fingerprint density at radius 3 is 2.82 bits per heavy atom. The molecule has 0 radical (unpaired) electrons. The maximum Gasteiger partial charge on any atom is 0.119 e. The predicted octanol–water partition coefficient (Wildman–Crippen LogP) is 6.95. The van der Waals surface area contributed by atoms with Crippen LogP contribution in [0.5, 0.6) is 5.75 Å². The third-order valence-corrected chi connectivity index (χ3v) is 9.02.